The molecule has 0 heterocycles. The Morgan fingerprint density at radius 3 is 1.96 bits per heavy atom. The molecule has 3 rings (SSSR count). The summed E-state index contributed by atoms with van der Waals surface area (Å²) in [6.45, 7) is 2.30. The van der Waals surface area contributed by atoms with E-state index in [1.807, 2.05) is 0 Å². The Bertz CT molecular complexity index is 603. The Hall–Kier alpha value is -1.21. The van der Waals surface area contributed by atoms with Gasteiger partial charge < -0.3 is 0 Å². The van der Waals surface area contributed by atoms with Crippen molar-refractivity contribution in [3.63, 3.8) is 0 Å². The largest absolute Gasteiger partial charge is 0.143 e. The number of thiol groups is 1. The third-order valence-electron chi connectivity index (χ3n) is 5.65. The molecule has 0 spiro atoms. The van der Waals surface area contributed by atoms with Crippen LogP contribution in [0.5, 0.6) is 0 Å². The van der Waals surface area contributed by atoms with Gasteiger partial charge in [0.1, 0.15) is 0 Å². The van der Waals surface area contributed by atoms with E-state index in [0.29, 0.717) is 0 Å². The van der Waals surface area contributed by atoms with E-state index in [1.54, 1.807) is 0 Å². The molecule has 0 bridgehead atoms. The molecule has 1 aliphatic carbocycles. The van der Waals surface area contributed by atoms with Gasteiger partial charge in [-0.2, -0.15) is 0 Å². The van der Waals surface area contributed by atoms with Crippen LogP contribution in [0.25, 0.3) is 11.1 Å². The van der Waals surface area contributed by atoms with E-state index in [4.69, 9.17) is 0 Å². The van der Waals surface area contributed by atoms with Gasteiger partial charge in [0.15, 0.2) is 0 Å². The molecule has 0 atom stereocenters. The van der Waals surface area contributed by atoms with Crippen molar-refractivity contribution in [1.82, 2.24) is 0 Å². The quantitative estimate of drug-likeness (QED) is 0.409. The maximum Gasteiger partial charge on any atom is 0.00404 e. The number of benzene rings is 2. The fraction of sp³-hybridized carbons (Fsp3) is 0.478. The van der Waals surface area contributed by atoms with E-state index in [9.17, 15) is 0 Å². The van der Waals surface area contributed by atoms with E-state index in [2.05, 4.69) is 68.1 Å². The average Bonchev–Trinajstić information content (AvgIpc) is 2.63. The molecule has 0 saturated heterocycles. The van der Waals surface area contributed by atoms with Crippen LogP contribution in [-0.2, 0) is 0 Å². The summed E-state index contributed by atoms with van der Waals surface area (Å²) in [7, 11) is 0. The molecular formula is C23H30S. The number of hydrogen-bond donors (Lipinski definition) is 1. The van der Waals surface area contributed by atoms with Crippen LogP contribution in [0.2, 0.25) is 0 Å². The van der Waals surface area contributed by atoms with Crippen LogP contribution in [0.3, 0.4) is 0 Å². The van der Waals surface area contributed by atoms with Gasteiger partial charge in [-0.1, -0.05) is 69.0 Å². The second kappa shape index (κ2) is 8.76. The molecule has 0 radical (unpaired) electrons. The average molecular weight is 339 g/mol. The summed E-state index contributed by atoms with van der Waals surface area (Å²) in [6, 6.07) is 17.7. The van der Waals surface area contributed by atoms with Crippen LogP contribution in [0.4, 0.5) is 0 Å². The summed E-state index contributed by atoms with van der Waals surface area (Å²) >= 11 is 4.36. The standard InChI is InChI=1S/C23H30S/c1-2-3-4-5-18-6-8-19(9-7-18)20-10-12-21(13-11-20)22-14-16-23(24)17-15-22/h10-19,24H,2-9H2,1H3/t18-,19-. The van der Waals surface area contributed by atoms with Crippen molar-refractivity contribution in [3.8, 4) is 11.1 Å². The van der Waals surface area contributed by atoms with Gasteiger partial charge in [-0.25, -0.2) is 0 Å². The summed E-state index contributed by atoms with van der Waals surface area (Å²) in [5.41, 5.74) is 4.12. The highest BCUT2D eigenvalue weighted by Crippen LogP contribution is 2.38. The molecule has 0 N–H and O–H groups in total. The zero-order valence-corrected chi connectivity index (χ0v) is 15.8. The molecule has 2 aromatic rings. The molecule has 0 nitrogen and oxygen atoms in total. The number of hydrogen-bond acceptors (Lipinski definition) is 1. The van der Waals surface area contributed by atoms with Crippen molar-refractivity contribution in [1.29, 1.82) is 0 Å². The maximum absolute atomic E-state index is 4.36. The molecule has 0 aliphatic heterocycles. The van der Waals surface area contributed by atoms with Crippen LogP contribution >= 0.6 is 12.6 Å². The lowest BCUT2D eigenvalue weighted by atomic mass is 9.77. The van der Waals surface area contributed by atoms with E-state index >= 15 is 0 Å². The van der Waals surface area contributed by atoms with Crippen LogP contribution in [-0.4, -0.2) is 0 Å². The molecular weight excluding hydrogens is 308 g/mol. The van der Waals surface area contributed by atoms with Crippen LogP contribution in [0, 0.1) is 5.92 Å². The lowest BCUT2D eigenvalue weighted by Crippen LogP contribution is -2.13. The topological polar surface area (TPSA) is 0 Å². The summed E-state index contributed by atoms with van der Waals surface area (Å²) in [4.78, 5) is 1.02. The van der Waals surface area contributed by atoms with Gasteiger partial charge in [0, 0.05) is 4.90 Å². The predicted molar refractivity (Wildman–Crippen MR) is 108 cm³/mol. The fourth-order valence-electron chi connectivity index (χ4n) is 4.07. The van der Waals surface area contributed by atoms with Crippen molar-refractivity contribution in [2.45, 2.75) is 69.1 Å². The van der Waals surface area contributed by atoms with Crippen molar-refractivity contribution < 1.29 is 0 Å². The maximum atomic E-state index is 4.36. The van der Waals surface area contributed by atoms with E-state index < -0.39 is 0 Å². The van der Waals surface area contributed by atoms with Gasteiger partial charge in [-0.3, -0.25) is 0 Å². The van der Waals surface area contributed by atoms with Crippen LogP contribution < -0.4 is 0 Å². The first-order chi connectivity index (χ1) is 11.8. The Morgan fingerprint density at radius 1 is 0.792 bits per heavy atom. The van der Waals surface area contributed by atoms with E-state index in [0.717, 1.165) is 16.7 Å². The highest BCUT2D eigenvalue weighted by Gasteiger charge is 2.21. The first-order valence-corrected chi connectivity index (χ1v) is 10.1. The third kappa shape index (κ3) is 4.66. The number of unbranched alkanes of at least 4 members (excludes halogenated alkanes) is 2. The summed E-state index contributed by atoms with van der Waals surface area (Å²) in [5, 5.41) is 0. The van der Waals surface area contributed by atoms with Crippen molar-refractivity contribution >= 4 is 12.6 Å². The molecule has 0 unspecified atom stereocenters. The van der Waals surface area contributed by atoms with Gasteiger partial charge in [-0.05, 0) is 66.3 Å². The van der Waals surface area contributed by atoms with Gasteiger partial charge in [0.2, 0.25) is 0 Å². The summed E-state index contributed by atoms with van der Waals surface area (Å²) in [6.07, 6.45) is 11.3. The SMILES string of the molecule is CCCCC[C@H]1CC[C@H](c2ccc(-c3ccc(S)cc3)cc2)CC1. The summed E-state index contributed by atoms with van der Waals surface area (Å²) in [5.74, 6) is 1.77. The predicted octanol–water partition coefficient (Wildman–Crippen LogP) is 7.50. The molecule has 2 aromatic carbocycles. The molecule has 24 heavy (non-hydrogen) atoms. The lowest BCUT2D eigenvalue weighted by Gasteiger charge is -2.29. The molecule has 1 heteroatoms. The molecule has 0 aromatic heterocycles. The zero-order valence-electron chi connectivity index (χ0n) is 14.9. The van der Waals surface area contributed by atoms with E-state index in [1.165, 1.54) is 68.1 Å². The van der Waals surface area contributed by atoms with Crippen molar-refractivity contribution in [2.75, 3.05) is 0 Å². The van der Waals surface area contributed by atoms with Gasteiger partial charge in [0.25, 0.3) is 0 Å². The minimum Gasteiger partial charge on any atom is -0.143 e. The minimum absolute atomic E-state index is 0.779. The fourth-order valence-corrected chi connectivity index (χ4v) is 4.22. The zero-order chi connectivity index (χ0) is 16.8. The minimum atomic E-state index is 0.779. The molecule has 1 aliphatic rings. The third-order valence-corrected chi connectivity index (χ3v) is 5.94. The normalized spacial score (nSPS) is 20.9. The van der Waals surface area contributed by atoms with Crippen molar-refractivity contribution in [2.24, 2.45) is 5.92 Å². The Balaban J connectivity index is 1.56. The highest BCUT2D eigenvalue weighted by molar-refractivity contribution is 7.80. The molecule has 1 fully saturated rings. The molecule has 1 saturated carbocycles. The Labute approximate surface area is 153 Å². The Morgan fingerprint density at radius 2 is 1.38 bits per heavy atom. The second-order valence-electron chi connectivity index (χ2n) is 7.38. The van der Waals surface area contributed by atoms with E-state index in [-0.39, 0.29) is 0 Å². The first kappa shape index (κ1) is 17.6. The molecule has 0 amide bonds. The van der Waals surface area contributed by atoms with Crippen molar-refractivity contribution in [3.05, 3.63) is 54.1 Å². The molecule has 128 valence electrons. The second-order valence-corrected chi connectivity index (χ2v) is 7.90. The van der Waals surface area contributed by atoms with Gasteiger partial charge >= 0.3 is 0 Å². The lowest BCUT2D eigenvalue weighted by molar-refractivity contribution is 0.303. The smallest absolute Gasteiger partial charge is 0.00404 e. The van der Waals surface area contributed by atoms with Crippen LogP contribution in [0.15, 0.2) is 53.4 Å². The first-order valence-electron chi connectivity index (χ1n) is 9.65. The monoisotopic (exact) mass is 338 g/mol. The van der Waals surface area contributed by atoms with Gasteiger partial charge in [-0.15, -0.1) is 12.6 Å². The van der Waals surface area contributed by atoms with Crippen LogP contribution in [0.1, 0.15) is 69.8 Å². The summed E-state index contributed by atoms with van der Waals surface area (Å²) < 4.78 is 0. The Kier molecular flexibility index (Phi) is 6.43. The van der Waals surface area contributed by atoms with Gasteiger partial charge in [0.05, 0.1) is 0 Å². The number of rotatable bonds is 6. The highest BCUT2D eigenvalue weighted by atomic mass is 32.1.